The summed E-state index contributed by atoms with van der Waals surface area (Å²) >= 11 is 1.56. The van der Waals surface area contributed by atoms with E-state index < -0.39 is 11.7 Å². The summed E-state index contributed by atoms with van der Waals surface area (Å²) in [5, 5.41) is 3.31. The second-order valence-corrected chi connectivity index (χ2v) is 6.05. The van der Waals surface area contributed by atoms with Crippen LogP contribution in [0.25, 0.3) is 0 Å². The van der Waals surface area contributed by atoms with Gasteiger partial charge in [0.15, 0.2) is 5.50 Å². The molecule has 1 atom stereocenters. The molecule has 118 valence electrons. The number of nitrogens with zero attached hydrogens (tertiary/aromatic N) is 2. The first-order valence-corrected chi connectivity index (χ1v) is 8.24. The Kier molecular flexibility index (Phi) is 4.18. The highest BCUT2D eigenvalue weighted by molar-refractivity contribution is 7.99. The summed E-state index contributed by atoms with van der Waals surface area (Å²) in [5.41, 5.74) is 2.22. The molecule has 0 saturated heterocycles. The molecule has 0 spiro atoms. The van der Waals surface area contributed by atoms with Gasteiger partial charge in [0.2, 0.25) is 0 Å². The van der Waals surface area contributed by atoms with Crippen LogP contribution in [0.2, 0.25) is 0 Å². The molecule has 2 aliphatic rings. The van der Waals surface area contributed by atoms with Crippen LogP contribution in [-0.2, 0) is 6.18 Å². The Hall–Kier alpha value is -1.47. The van der Waals surface area contributed by atoms with Gasteiger partial charge in [0.05, 0.1) is 5.56 Å². The maximum atomic E-state index is 12.7. The summed E-state index contributed by atoms with van der Waals surface area (Å²) in [6.07, 6.45) is 0.421. The molecule has 1 aromatic carbocycles. The number of nitrogens with one attached hydrogen (secondary N) is 1. The monoisotopic (exact) mass is 327 g/mol. The molecule has 1 unspecified atom stereocenters. The van der Waals surface area contributed by atoms with Gasteiger partial charge in [-0.05, 0) is 49.1 Å². The van der Waals surface area contributed by atoms with Crippen molar-refractivity contribution < 1.29 is 13.2 Å². The highest BCUT2D eigenvalue weighted by Gasteiger charge is 2.32. The van der Waals surface area contributed by atoms with Crippen molar-refractivity contribution in [1.29, 1.82) is 0 Å². The van der Waals surface area contributed by atoms with Crippen molar-refractivity contribution in [2.75, 3.05) is 24.2 Å². The minimum atomic E-state index is -4.31. The Morgan fingerprint density at radius 2 is 2.00 bits per heavy atom. The van der Waals surface area contributed by atoms with Crippen molar-refractivity contribution in [3.8, 4) is 0 Å². The Balaban J connectivity index is 1.97. The van der Waals surface area contributed by atoms with Crippen molar-refractivity contribution in [3.05, 3.63) is 41.1 Å². The lowest BCUT2D eigenvalue weighted by Gasteiger charge is -2.38. The van der Waals surface area contributed by atoms with Crippen molar-refractivity contribution in [2.45, 2.75) is 18.1 Å². The number of rotatable bonds is 2. The first-order chi connectivity index (χ1) is 10.5. The van der Waals surface area contributed by atoms with E-state index in [0.717, 1.165) is 42.1 Å². The quantitative estimate of drug-likeness (QED) is 0.901. The van der Waals surface area contributed by atoms with Crippen LogP contribution in [0.5, 0.6) is 0 Å². The minimum absolute atomic E-state index is 0.143. The molecule has 1 aromatic rings. The third kappa shape index (κ3) is 2.87. The maximum Gasteiger partial charge on any atom is 0.416 e. The third-order valence-electron chi connectivity index (χ3n) is 3.79. The zero-order valence-electron chi connectivity index (χ0n) is 12.0. The van der Waals surface area contributed by atoms with Gasteiger partial charge in [-0.25, -0.2) is 0 Å². The lowest BCUT2D eigenvalue weighted by atomic mass is 10.0. The van der Waals surface area contributed by atoms with Gasteiger partial charge in [0.25, 0.3) is 0 Å². The molecule has 0 amide bonds. The fraction of sp³-hybridized carbons (Fsp3) is 0.400. The smallest absolute Gasteiger partial charge is 0.312 e. The molecule has 0 aliphatic carbocycles. The zero-order chi connectivity index (χ0) is 15.7. The summed E-state index contributed by atoms with van der Waals surface area (Å²) in [4.78, 5) is 6.54. The van der Waals surface area contributed by atoms with Crippen molar-refractivity contribution >= 4 is 23.7 Å². The van der Waals surface area contributed by atoms with Gasteiger partial charge in [0, 0.05) is 24.1 Å². The molecule has 1 N–H and O–H groups in total. The van der Waals surface area contributed by atoms with Crippen LogP contribution in [0.1, 0.15) is 12.0 Å². The number of thioether (sulfide) groups is 1. The molecular formula is C15H16F3N3S. The fourth-order valence-electron chi connectivity index (χ4n) is 2.68. The minimum Gasteiger partial charge on any atom is -0.312 e. The van der Waals surface area contributed by atoms with Crippen molar-refractivity contribution in [1.82, 2.24) is 5.32 Å². The van der Waals surface area contributed by atoms with Gasteiger partial charge in [-0.15, -0.1) is 11.8 Å². The van der Waals surface area contributed by atoms with Crippen LogP contribution in [0.3, 0.4) is 0 Å². The Morgan fingerprint density at radius 3 is 2.64 bits per heavy atom. The van der Waals surface area contributed by atoms with Crippen LogP contribution in [-0.4, -0.2) is 31.1 Å². The molecule has 22 heavy (non-hydrogen) atoms. The lowest BCUT2D eigenvalue weighted by molar-refractivity contribution is -0.137. The number of anilines is 1. The summed E-state index contributed by atoms with van der Waals surface area (Å²) < 4.78 is 38.1. The number of hydrogen-bond acceptors (Lipinski definition) is 4. The molecule has 2 aliphatic heterocycles. The number of hydrogen-bond donors (Lipinski definition) is 1. The molecule has 0 saturated carbocycles. The molecule has 0 bridgehead atoms. The molecule has 0 aromatic heterocycles. The van der Waals surface area contributed by atoms with Crippen molar-refractivity contribution in [3.63, 3.8) is 0 Å². The van der Waals surface area contributed by atoms with Crippen LogP contribution in [0.4, 0.5) is 18.9 Å². The predicted molar refractivity (Wildman–Crippen MR) is 84.2 cm³/mol. The number of benzene rings is 1. The summed E-state index contributed by atoms with van der Waals surface area (Å²) in [6.45, 7) is 1.61. The topological polar surface area (TPSA) is 27.6 Å². The van der Waals surface area contributed by atoms with E-state index in [1.165, 1.54) is 12.1 Å². The normalized spacial score (nSPS) is 22.0. The van der Waals surface area contributed by atoms with E-state index in [1.807, 2.05) is 17.4 Å². The van der Waals surface area contributed by atoms with Crippen LogP contribution in [0, 0.1) is 0 Å². The average molecular weight is 327 g/mol. The SMILES string of the molecule is CSC1N=CC2=C(CNCC2)N1c1ccc(C(F)(F)F)cc1. The van der Waals surface area contributed by atoms with Gasteiger partial charge >= 0.3 is 6.18 Å². The average Bonchev–Trinajstić information content (AvgIpc) is 2.53. The van der Waals surface area contributed by atoms with Gasteiger partial charge in [-0.3, -0.25) is 4.99 Å². The second-order valence-electron chi connectivity index (χ2n) is 5.15. The third-order valence-corrected chi connectivity index (χ3v) is 4.54. The molecule has 3 rings (SSSR count). The number of alkyl halides is 3. The van der Waals surface area contributed by atoms with E-state index in [0.29, 0.717) is 6.54 Å². The van der Waals surface area contributed by atoms with Gasteiger partial charge in [-0.2, -0.15) is 13.2 Å². The van der Waals surface area contributed by atoms with Gasteiger partial charge < -0.3 is 10.2 Å². The highest BCUT2D eigenvalue weighted by atomic mass is 32.2. The fourth-order valence-corrected chi connectivity index (χ4v) is 3.32. The van der Waals surface area contributed by atoms with E-state index in [9.17, 15) is 13.2 Å². The first-order valence-electron chi connectivity index (χ1n) is 6.96. The Bertz CT molecular complexity index is 607. The predicted octanol–water partition coefficient (Wildman–Crippen LogP) is 3.49. The van der Waals surface area contributed by atoms with E-state index >= 15 is 0 Å². The van der Waals surface area contributed by atoms with Gasteiger partial charge in [0.1, 0.15) is 0 Å². The first kappa shape index (κ1) is 15.4. The second kappa shape index (κ2) is 5.96. The summed E-state index contributed by atoms with van der Waals surface area (Å²) in [5.74, 6) is 0. The lowest BCUT2D eigenvalue weighted by Crippen LogP contribution is -2.42. The highest BCUT2D eigenvalue weighted by Crippen LogP contribution is 2.35. The Labute approximate surface area is 131 Å². The van der Waals surface area contributed by atoms with E-state index in [2.05, 4.69) is 10.3 Å². The number of aliphatic imine (C=N–C) groups is 1. The maximum absolute atomic E-state index is 12.7. The summed E-state index contributed by atoms with van der Waals surface area (Å²) in [7, 11) is 0. The number of halogens is 3. The van der Waals surface area contributed by atoms with E-state index in [4.69, 9.17) is 0 Å². The molecule has 2 heterocycles. The zero-order valence-corrected chi connectivity index (χ0v) is 12.8. The molecule has 3 nitrogen and oxygen atoms in total. The molecule has 7 heteroatoms. The van der Waals surface area contributed by atoms with Crippen molar-refractivity contribution in [2.24, 2.45) is 4.99 Å². The van der Waals surface area contributed by atoms with Gasteiger partial charge in [-0.1, -0.05) is 0 Å². The largest absolute Gasteiger partial charge is 0.416 e. The molecular weight excluding hydrogens is 311 g/mol. The summed E-state index contributed by atoms with van der Waals surface area (Å²) in [6, 6.07) is 5.29. The molecule has 0 radical (unpaired) electrons. The Morgan fingerprint density at radius 1 is 1.27 bits per heavy atom. The van der Waals surface area contributed by atoms with Crippen LogP contribution in [0.15, 0.2) is 40.5 Å². The van der Waals surface area contributed by atoms with E-state index in [-0.39, 0.29) is 5.50 Å². The van der Waals surface area contributed by atoms with Crippen LogP contribution < -0.4 is 10.2 Å². The standard InChI is InChI=1S/C15H16F3N3S/c1-22-14-20-8-10-6-7-19-9-13(10)21(14)12-4-2-11(3-5-12)15(16,17)18/h2-5,8,14,19H,6-7,9H2,1H3. The van der Waals surface area contributed by atoms with E-state index in [1.54, 1.807) is 11.8 Å². The molecule has 0 fully saturated rings. The van der Waals surface area contributed by atoms with Crippen LogP contribution >= 0.6 is 11.8 Å².